The second-order valence-electron chi connectivity index (χ2n) is 5.28. The number of hydrogen-bond donors (Lipinski definition) is 3. The Kier molecular flexibility index (Phi) is 3.41. The monoisotopic (exact) mass is 231 g/mol. The summed E-state index contributed by atoms with van der Waals surface area (Å²) in [4.78, 5) is 0. The van der Waals surface area contributed by atoms with E-state index in [4.69, 9.17) is 0 Å². The van der Waals surface area contributed by atoms with Gasteiger partial charge in [-0.2, -0.15) is 0 Å². The van der Waals surface area contributed by atoms with Crippen LogP contribution in [0.15, 0.2) is 30.3 Å². The summed E-state index contributed by atoms with van der Waals surface area (Å²) in [5, 5.41) is 3.61. The molecule has 1 aromatic carbocycles. The topological polar surface area (TPSA) is 36.1 Å². The summed E-state index contributed by atoms with van der Waals surface area (Å²) >= 11 is 0. The molecule has 3 rings (SSSR count). The number of benzene rings is 1. The number of hydrogen-bond acceptors (Lipinski definition) is 3. The third-order valence-electron chi connectivity index (χ3n) is 3.79. The maximum Gasteiger partial charge on any atom is 0.0515 e. The van der Waals surface area contributed by atoms with Crippen LogP contribution in [0, 0.1) is 11.8 Å². The van der Waals surface area contributed by atoms with Gasteiger partial charge in [0.15, 0.2) is 0 Å². The van der Waals surface area contributed by atoms with Crippen LogP contribution < -0.4 is 16.2 Å². The minimum absolute atomic E-state index is 0.447. The Labute approximate surface area is 103 Å². The Balaban J connectivity index is 1.55. The molecule has 0 amide bonds. The van der Waals surface area contributed by atoms with Crippen molar-refractivity contribution in [3.05, 3.63) is 35.9 Å². The molecule has 1 saturated heterocycles. The summed E-state index contributed by atoms with van der Waals surface area (Å²) in [6.07, 6.45) is 2.85. The zero-order valence-corrected chi connectivity index (χ0v) is 10.2. The fourth-order valence-corrected chi connectivity index (χ4v) is 2.54. The molecule has 3 nitrogen and oxygen atoms in total. The van der Waals surface area contributed by atoms with Crippen LogP contribution >= 0.6 is 0 Å². The highest BCUT2D eigenvalue weighted by molar-refractivity contribution is 5.20. The average Bonchev–Trinajstić information content (AvgIpc) is 3.07. The molecule has 2 unspecified atom stereocenters. The molecule has 3 N–H and O–H groups in total. The molecule has 3 heteroatoms. The lowest BCUT2D eigenvalue weighted by Crippen LogP contribution is -2.29. The fourth-order valence-electron chi connectivity index (χ4n) is 2.54. The lowest BCUT2D eigenvalue weighted by atomic mass is 9.95. The van der Waals surface area contributed by atoms with Gasteiger partial charge in [0, 0.05) is 19.0 Å². The largest absolute Gasteiger partial charge is 0.316 e. The zero-order chi connectivity index (χ0) is 11.5. The van der Waals surface area contributed by atoms with Crippen LogP contribution in [0.3, 0.4) is 0 Å². The first-order valence-corrected chi connectivity index (χ1v) is 6.67. The van der Waals surface area contributed by atoms with Gasteiger partial charge in [-0.25, -0.2) is 5.43 Å². The minimum Gasteiger partial charge on any atom is -0.316 e. The van der Waals surface area contributed by atoms with Crippen LogP contribution in [0.25, 0.3) is 0 Å². The normalized spacial score (nSPS) is 28.5. The Morgan fingerprint density at radius 2 is 1.94 bits per heavy atom. The van der Waals surface area contributed by atoms with Gasteiger partial charge in [0.1, 0.15) is 0 Å². The van der Waals surface area contributed by atoms with E-state index in [1.165, 1.54) is 24.9 Å². The van der Waals surface area contributed by atoms with E-state index in [1.54, 1.807) is 0 Å². The molecule has 2 aliphatic rings. The maximum atomic E-state index is 3.61. The Morgan fingerprint density at radius 1 is 1.12 bits per heavy atom. The van der Waals surface area contributed by atoms with E-state index in [1.807, 2.05) is 0 Å². The van der Waals surface area contributed by atoms with Crippen molar-refractivity contribution >= 4 is 0 Å². The number of hydrazine groups is 1. The molecule has 1 aromatic rings. The highest BCUT2D eigenvalue weighted by Crippen LogP contribution is 2.28. The van der Waals surface area contributed by atoms with Gasteiger partial charge in [-0.05, 0) is 30.9 Å². The molecule has 0 spiro atoms. The van der Waals surface area contributed by atoms with Crippen LogP contribution in [0.2, 0.25) is 0 Å². The van der Waals surface area contributed by atoms with Crippen LogP contribution in [0.5, 0.6) is 0 Å². The van der Waals surface area contributed by atoms with Gasteiger partial charge in [0.25, 0.3) is 0 Å². The van der Waals surface area contributed by atoms with Crippen molar-refractivity contribution in [1.29, 1.82) is 0 Å². The van der Waals surface area contributed by atoms with Gasteiger partial charge in [-0.3, -0.25) is 5.43 Å². The predicted octanol–water partition coefficient (Wildman–Crippen LogP) is 1.45. The van der Waals surface area contributed by atoms with Crippen LogP contribution in [0.1, 0.15) is 24.4 Å². The fraction of sp³-hybridized carbons (Fsp3) is 0.571. The average molecular weight is 231 g/mol. The zero-order valence-electron chi connectivity index (χ0n) is 10.2. The molecule has 0 aromatic heterocycles. The van der Waals surface area contributed by atoms with E-state index in [9.17, 15) is 0 Å². The summed E-state index contributed by atoms with van der Waals surface area (Å²) < 4.78 is 0. The van der Waals surface area contributed by atoms with Crippen molar-refractivity contribution in [1.82, 2.24) is 16.2 Å². The van der Waals surface area contributed by atoms with E-state index in [0.717, 1.165) is 19.0 Å². The Morgan fingerprint density at radius 3 is 2.71 bits per heavy atom. The number of nitrogens with one attached hydrogen (secondary N) is 3. The molecule has 1 heterocycles. The first-order valence-electron chi connectivity index (χ1n) is 6.67. The minimum atomic E-state index is 0.447. The third-order valence-corrected chi connectivity index (χ3v) is 3.79. The first-order chi connectivity index (χ1) is 8.43. The molecule has 92 valence electrons. The lowest BCUT2D eigenvalue weighted by Gasteiger charge is -2.19. The van der Waals surface area contributed by atoms with Crippen LogP contribution in [0.4, 0.5) is 0 Å². The van der Waals surface area contributed by atoms with Crippen molar-refractivity contribution in [2.24, 2.45) is 11.8 Å². The number of rotatable bonds is 5. The van der Waals surface area contributed by atoms with Gasteiger partial charge < -0.3 is 5.32 Å². The summed E-state index contributed by atoms with van der Waals surface area (Å²) in [5.41, 5.74) is 8.06. The van der Waals surface area contributed by atoms with Crippen molar-refractivity contribution < 1.29 is 0 Å². The maximum absolute atomic E-state index is 3.61. The second-order valence-corrected chi connectivity index (χ2v) is 5.28. The first kappa shape index (κ1) is 11.2. The molecular formula is C14H21N3. The predicted molar refractivity (Wildman–Crippen MR) is 69.4 cm³/mol. The van der Waals surface area contributed by atoms with Crippen molar-refractivity contribution in [3.8, 4) is 0 Å². The second kappa shape index (κ2) is 5.17. The van der Waals surface area contributed by atoms with Gasteiger partial charge in [-0.15, -0.1) is 0 Å². The summed E-state index contributed by atoms with van der Waals surface area (Å²) in [6, 6.07) is 11.2. The summed E-state index contributed by atoms with van der Waals surface area (Å²) in [6.45, 7) is 3.37. The van der Waals surface area contributed by atoms with E-state index >= 15 is 0 Å². The van der Waals surface area contributed by atoms with Gasteiger partial charge in [0.2, 0.25) is 0 Å². The summed E-state index contributed by atoms with van der Waals surface area (Å²) in [7, 11) is 0. The van der Waals surface area contributed by atoms with Gasteiger partial charge >= 0.3 is 0 Å². The van der Waals surface area contributed by atoms with Gasteiger partial charge in [0.05, 0.1) is 6.04 Å². The van der Waals surface area contributed by atoms with E-state index in [2.05, 4.69) is 46.5 Å². The molecule has 2 atom stereocenters. The molecule has 2 fully saturated rings. The molecule has 1 aliphatic heterocycles. The highest BCUT2D eigenvalue weighted by atomic mass is 15.4. The van der Waals surface area contributed by atoms with Crippen LogP contribution in [-0.2, 0) is 0 Å². The van der Waals surface area contributed by atoms with E-state index in [-0.39, 0.29) is 0 Å². The molecule has 1 saturated carbocycles. The lowest BCUT2D eigenvalue weighted by molar-refractivity contribution is 0.438. The third kappa shape index (κ3) is 2.86. The van der Waals surface area contributed by atoms with Gasteiger partial charge in [-0.1, -0.05) is 30.3 Å². The van der Waals surface area contributed by atoms with E-state index in [0.29, 0.717) is 12.0 Å². The smallest absolute Gasteiger partial charge is 0.0515 e. The quantitative estimate of drug-likeness (QED) is 0.718. The van der Waals surface area contributed by atoms with E-state index < -0.39 is 0 Å². The SMILES string of the molecule is c1ccc(C2NNCC2CNCC2CC2)cc1. The highest BCUT2D eigenvalue weighted by Gasteiger charge is 2.28. The standard InChI is InChI=1S/C14H21N3/c1-2-4-12(5-3-1)14-13(10-16-17-14)9-15-8-11-6-7-11/h1-5,11,13-17H,6-10H2. The van der Waals surface area contributed by atoms with Crippen molar-refractivity contribution in [3.63, 3.8) is 0 Å². The molecule has 17 heavy (non-hydrogen) atoms. The Hall–Kier alpha value is -0.900. The molecule has 1 aliphatic carbocycles. The molecule has 0 radical (unpaired) electrons. The Bertz CT molecular complexity index is 348. The van der Waals surface area contributed by atoms with Crippen LogP contribution in [-0.4, -0.2) is 19.6 Å². The molecule has 0 bridgehead atoms. The van der Waals surface area contributed by atoms with Crippen molar-refractivity contribution in [2.45, 2.75) is 18.9 Å². The van der Waals surface area contributed by atoms with Crippen molar-refractivity contribution in [2.75, 3.05) is 19.6 Å². The summed E-state index contributed by atoms with van der Waals surface area (Å²) in [5.74, 6) is 1.61. The molecular weight excluding hydrogens is 210 g/mol.